The van der Waals surface area contributed by atoms with Crippen molar-refractivity contribution in [1.82, 2.24) is 0 Å². The van der Waals surface area contributed by atoms with E-state index in [-0.39, 0.29) is 51.0 Å². The van der Waals surface area contributed by atoms with Gasteiger partial charge >= 0.3 is 23.9 Å². The van der Waals surface area contributed by atoms with Crippen molar-refractivity contribution in [2.45, 2.75) is 47.8 Å². The largest absolute Gasteiger partial charge is 0.461 e. The number of carbonyl (C=O) groups is 4. The molecule has 0 radical (unpaired) electrons. The molecule has 2 aromatic rings. The Hall–Kier alpha value is -5.22. The molecule has 0 heterocycles. The topological polar surface area (TPSA) is 135 Å². The average molecular weight is 591 g/mol. The van der Waals surface area contributed by atoms with Gasteiger partial charge in [0.05, 0.1) is 0 Å². The number of ether oxygens (including phenoxy) is 5. The van der Waals surface area contributed by atoms with Gasteiger partial charge in [0.15, 0.2) is 11.5 Å². The van der Waals surface area contributed by atoms with Crippen LogP contribution in [0, 0.1) is 0 Å². The highest BCUT2D eigenvalue weighted by Gasteiger charge is 2.20. The number of hydrogen-bond donors (Lipinski definition) is 1. The highest BCUT2D eigenvalue weighted by atomic mass is 16.6. The van der Waals surface area contributed by atoms with E-state index in [1.807, 2.05) is 0 Å². The summed E-state index contributed by atoms with van der Waals surface area (Å²) in [6, 6.07) is 8.43. The molecular weight excluding hydrogens is 556 g/mol. The van der Waals surface area contributed by atoms with Crippen LogP contribution in [0.2, 0.25) is 0 Å². The summed E-state index contributed by atoms with van der Waals surface area (Å²) in [5.74, 6) is -3.00. The molecule has 1 atom stereocenters. The summed E-state index contributed by atoms with van der Waals surface area (Å²) >= 11 is 0. The molecular formula is C33H34O10. The molecule has 2 rings (SSSR count). The van der Waals surface area contributed by atoms with Crippen LogP contribution in [0.1, 0.15) is 47.1 Å². The number of aliphatic hydroxyl groups excluding tert-OH is 1. The van der Waals surface area contributed by atoms with Gasteiger partial charge in [-0.1, -0.05) is 32.4 Å². The lowest BCUT2D eigenvalue weighted by Gasteiger charge is -2.19. The standard InChI is InChI=1S/C33H34O10/c1-17(2)29(34)39-24-14-25(40-30(35)18(3)4)16-26(15-24)41-33(38)22(10)21(9)23-11-12-27(42-31(36)19(5)6)28(13-23)43-32(37)20(7)8/h11-16,33,38H,1,3,5,7H2,2,4,6,8-10H3/b22-21+. The van der Waals surface area contributed by atoms with Crippen molar-refractivity contribution in [3.05, 3.63) is 96.1 Å². The minimum absolute atomic E-state index is 0.00862. The Morgan fingerprint density at radius 3 is 1.42 bits per heavy atom. The van der Waals surface area contributed by atoms with E-state index in [1.165, 1.54) is 58.0 Å². The zero-order valence-electron chi connectivity index (χ0n) is 25.0. The van der Waals surface area contributed by atoms with E-state index >= 15 is 0 Å². The Morgan fingerprint density at radius 2 is 0.977 bits per heavy atom. The van der Waals surface area contributed by atoms with Gasteiger partial charge in [-0.15, -0.1) is 0 Å². The van der Waals surface area contributed by atoms with Crippen LogP contribution >= 0.6 is 0 Å². The van der Waals surface area contributed by atoms with E-state index in [4.69, 9.17) is 23.7 Å². The van der Waals surface area contributed by atoms with Crippen molar-refractivity contribution in [3.63, 3.8) is 0 Å². The van der Waals surface area contributed by atoms with Crippen LogP contribution in [0.5, 0.6) is 28.7 Å². The van der Waals surface area contributed by atoms with Crippen molar-refractivity contribution in [1.29, 1.82) is 0 Å². The van der Waals surface area contributed by atoms with Crippen LogP contribution in [-0.4, -0.2) is 35.3 Å². The fraction of sp³-hybridized carbons (Fsp3) is 0.212. The number of esters is 4. The molecule has 0 amide bonds. The van der Waals surface area contributed by atoms with Gasteiger partial charge in [0.25, 0.3) is 0 Å². The Bertz CT molecular complexity index is 1510. The number of benzene rings is 2. The Morgan fingerprint density at radius 1 is 0.581 bits per heavy atom. The van der Waals surface area contributed by atoms with E-state index in [2.05, 4.69) is 26.3 Å². The van der Waals surface area contributed by atoms with Crippen LogP contribution in [0.15, 0.2) is 90.6 Å². The first-order valence-electron chi connectivity index (χ1n) is 12.8. The van der Waals surface area contributed by atoms with E-state index in [0.717, 1.165) is 0 Å². The van der Waals surface area contributed by atoms with Gasteiger partial charge in [-0.3, -0.25) is 0 Å². The zero-order chi connectivity index (χ0) is 32.6. The maximum absolute atomic E-state index is 12.2. The smallest absolute Gasteiger partial charge is 0.338 e. The lowest BCUT2D eigenvalue weighted by atomic mass is 10.0. The van der Waals surface area contributed by atoms with Crippen molar-refractivity contribution < 1.29 is 48.0 Å². The number of aliphatic hydroxyl groups is 1. The fourth-order valence-electron chi connectivity index (χ4n) is 3.03. The average Bonchev–Trinajstić information content (AvgIpc) is 2.92. The van der Waals surface area contributed by atoms with Gasteiger partial charge in [-0.2, -0.15) is 0 Å². The van der Waals surface area contributed by atoms with E-state index < -0.39 is 30.2 Å². The van der Waals surface area contributed by atoms with Crippen molar-refractivity contribution in [2.75, 3.05) is 0 Å². The molecule has 0 fully saturated rings. The SMILES string of the molecule is C=C(C)C(=O)Oc1cc(OC(=O)C(=C)C)cc(OC(O)/C(C)=C(\C)c2ccc(OC(=O)C(=C)C)c(OC(=O)C(=C)C)c2)c1. The molecule has 0 spiro atoms. The molecule has 0 aliphatic carbocycles. The highest BCUT2D eigenvalue weighted by molar-refractivity contribution is 5.92. The predicted molar refractivity (Wildman–Crippen MR) is 160 cm³/mol. The molecule has 10 heteroatoms. The minimum Gasteiger partial charge on any atom is -0.461 e. The van der Waals surface area contributed by atoms with E-state index in [0.29, 0.717) is 16.7 Å². The maximum Gasteiger partial charge on any atom is 0.338 e. The lowest BCUT2D eigenvalue weighted by molar-refractivity contribution is -0.132. The first-order valence-corrected chi connectivity index (χ1v) is 12.8. The van der Waals surface area contributed by atoms with Crippen LogP contribution in [0.3, 0.4) is 0 Å². The molecule has 0 aliphatic rings. The summed E-state index contributed by atoms with van der Waals surface area (Å²) in [6.07, 6.45) is -1.53. The maximum atomic E-state index is 12.2. The third-order valence-corrected chi connectivity index (χ3v) is 5.66. The molecule has 43 heavy (non-hydrogen) atoms. The zero-order valence-corrected chi connectivity index (χ0v) is 25.0. The summed E-state index contributed by atoms with van der Waals surface area (Å²) in [6.45, 7) is 23.3. The normalized spacial score (nSPS) is 11.7. The first-order chi connectivity index (χ1) is 20.0. The monoisotopic (exact) mass is 590 g/mol. The van der Waals surface area contributed by atoms with Gasteiger partial charge in [-0.05, 0) is 70.4 Å². The van der Waals surface area contributed by atoms with E-state index in [1.54, 1.807) is 19.9 Å². The molecule has 0 saturated heterocycles. The molecule has 1 N–H and O–H groups in total. The van der Waals surface area contributed by atoms with Crippen LogP contribution in [0.4, 0.5) is 0 Å². The summed E-state index contributed by atoms with van der Waals surface area (Å²) < 4.78 is 26.9. The van der Waals surface area contributed by atoms with Crippen molar-refractivity contribution in [2.24, 2.45) is 0 Å². The summed E-state index contributed by atoms with van der Waals surface area (Å²) in [7, 11) is 0. The number of allylic oxidation sites excluding steroid dienone is 1. The lowest BCUT2D eigenvalue weighted by Crippen LogP contribution is -2.18. The third kappa shape index (κ3) is 9.68. The molecule has 0 aliphatic heterocycles. The second-order valence-corrected chi connectivity index (χ2v) is 9.76. The van der Waals surface area contributed by atoms with Crippen LogP contribution in [0.25, 0.3) is 5.57 Å². The Labute approximate surface area is 250 Å². The van der Waals surface area contributed by atoms with E-state index in [9.17, 15) is 24.3 Å². The second-order valence-electron chi connectivity index (χ2n) is 9.76. The van der Waals surface area contributed by atoms with Crippen molar-refractivity contribution in [3.8, 4) is 28.7 Å². The van der Waals surface area contributed by atoms with Gasteiger partial charge in [0.1, 0.15) is 17.2 Å². The summed E-state index contributed by atoms with van der Waals surface area (Å²) in [4.78, 5) is 48.5. The van der Waals surface area contributed by atoms with Gasteiger partial charge in [0.2, 0.25) is 6.29 Å². The molecule has 0 saturated carbocycles. The fourth-order valence-corrected chi connectivity index (χ4v) is 3.03. The van der Waals surface area contributed by atoms with Gasteiger partial charge < -0.3 is 28.8 Å². The molecule has 226 valence electrons. The molecule has 10 nitrogen and oxygen atoms in total. The first kappa shape index (κ1) is 34.0. The van der Waals surface area contributed by atoms with Crippen molar-refractivity contribution >= 4 is 29.5 Å². The summed E-state index contributed by atoms with van der Waals surface area (Å²) in [5, 5.41) is 10.9. The Kier molecular flexibility index (Phi) is 11.5. The quantitative estimate of drug-likeness (QED) is 0.140. The van der Waals surface area contributed by atoms with Crippen LogP contribution < -0.4 is 23.7 Å². The molecule has 2 aromatic carbocycles. The van der Waals surface area contributed by atoms with Crippen LogP contribution in [-0.2, 0) is 19.2 Å². The van der Waals surface area contributed by atoms with Gasteiger partial charge in [-0.25, -0.2) is 19.2 Å². The number of carbonyl (C=O) groups excluding carboxylic acids is 4. The number of rotatable bonds is 12. The Balaban J connectivity index is 2.47. The molecule has 0 aromatic heterocycles. The molecule has 1 unspecified atom stereocenters. The second kappa shape index (κ2) is 14.6. The summed E-state index contributed by atoms with van der Waals surface area (Å²) in [5.41, 5.74) is 1.90. The highest BCUT2D eigenvalue weighted by Crippen LogP contribution is 2.34. The number of hydrogen-bond acceptors (Lipinski definition) is 10. The van der Waals surface area contributed by atoms with Gasteiger partial charge in [0, 0.05) is 40.5 Å². The molecule has 0 bridgehead atoms. The minimum atomic E-state index is -1.53. The third-order valence-electron chi connectivity index (χ3n) is 5.66. The predicted octanol–water partition coefficient (Wildman–Crippen LogP) is 5.80.